The molecule has 1 aromatic heterocycles. The Labute approximate surface area is 151 Å². The second-order valence-electron chi connectivity index (χ2n) is 7.43. The van der Waals surface area contributed by atoms with E-state index >= 15 is 0 Å². The van der Waals surface area contributed by atoms with Gasteiger partial charge < -0.3 is 14.7 Å². The lowest BCUT2D eigenvalue weighted by Gasteiger charge is -2.44. The molecule has 1 N–H and O–H groups in total. The number of para-hydroxylation sites is 1. The molecule has 1 atom stereocenters. The van der Waals surface area contributed by atoms with E-state index in [1.807, 2.05) is 31.5 Å². The Morgan fingerprint density at radius 2 is 1.92 bits per heavy atom. The maximum absolute atomic E-state index is 9.82. The number of nitrogens with zero attached hydrogens (tertiary/aromatic N) is 3. The minimum Gasteiger partial charge on any atom is -0.506 e. The molecule has 1 unspecified atom stereocenters. The van der Waals surface area contributed by atoms with Gasteiger partial charge in [-0.05, 0) is 43.7 Å². The monoisotopic (exact) mass is 345 g/mol. The van der Waals surface area contributed by atoms with E-state index in [1.165, 1.54) is 11.8 Å². The van der Waals surface area contributed by atoms with E-state index in [4.69, 9.17) is 9.73 Å². The molecule has 0 radical (unpaired) electrons. The molecule has 5 nitrogen and oxygen atoms in total. The van der Waals surface area contributed by atoms with Gasteiger partial charge >= 0.3 is 0 Å². The van der Waals surface area contributed by atoms with E-state index in [-0.39, 0.29) is 11.2 Å². The molecule has 3 aromatic rings. The van der Waals surface area contributed by atoms with Crippen LogP contribution in [-0.2, 0) is 5.41 Å². The van der Waals surface area contributed by atoms with E-state index in [1.54, 1.807) is 6.07 Å². The fourth-order valence-electron chi connectivity index (χ4n) is 4.24. The number of pyridine rings is 1. The fourth-order valence-corrected chi connectivity index (χ4v) is 4.24. The van der Waals surface area contributed by atoms with Crippen LogP contribution in [0.15, 0.2) is 53.7 Å². The molecule has 0 aliphatic carbocycles. The molecule has 3 heterocycles. The molecular weight excluding hydrogens is 326 g/mol. The van der Waals surface area contributed by atoms with Gasteiger partial charge in [0.1, 0.15) is 17.2 Å². The van der Waals surface area contributed by atoms with Gasteiger partial charge in [0, 0.05) is 18.1 Å². The highest BCUT2D eigenvalue weighted by Crippen LogP contribution is 2.54. The summed E-state index contributed by atoms with van der Waals surface area (Å²) in [7, 11) is 2.04. The minimum absolute atomic E-state index is 0.118. The molecule has 2 aliphatic heterocycles. The number of rotatable bonds is 0. The van der Waals surface area contributed by atoms with Crippen molar-refractivity contribution in [3.8, 4) is 11.5 Å². The van der Waals surface area contributed by atoms with E-state index < -0.39 is 5.72 Å². The van der Waals surface area contributed by atoms with Crippen molar-refractivity contribution in [2.24, 2.45) is 4.99 Å². The number of ether oxygens (including phenoxy) is 1. The smallest absolute Gasteiger partial charge is 0.228 e. The van der Waals surface area contributed by atoms with Crippen LogP contribution in [0.1, 0.15) is 19.4 Å². The Morgan fingerprint density at radius 3 is 2.73 bits per heavy atom. The van der Waals surface area contributed by atoms with Gasteiger partial charge in [0.2, 0.25) is 5.72 Å². The van der Waals surface area contributed by atoms with Crippen molar-refractivity contribution in [1.82, 2.24) is 4.98 Å². The molecule has 2 aliphatic rings. The average molecular weight is 345 g/mol. The van der Waals surface area contributed by atoms with Crippen LogP contribution in [0, 0.1) is 0 Å². The summed E-state index contributed by atoms with van der Waals surface area (Å²) in [5, 5.41) is 10.6. The zero-order chi connectivity index (χ0) is 18.1. The number of aromatic nitrogens is 1. The summed E-state index contributed by atoms with van der Waals surface area (Å²) in [5.74, 6) is 0.812. The zero-order valence-corrected chi connectivity index (χ0v) is 14.9. The third-order valence-electron chi connectivity index (χ3n) is 5.75. The first-order valence-electron chi connectivity index (χ1n) is 8.63. The highest BCUT2D eigenvalue weighted by Gasteiger charge is 2.58. The van der Waals surface area contributed by atoms with Gasteiger partial charge in [-0.1, -0.05) is 18.2 Å². The maximum Gasteiger partial charge on any atom is 0.228 e. The zero-order valence-electron chi connectivity index (χ0n) is 14.9. The summed E-state index contributed by atoms with van der Waals surface area (Å²) in [6, 6.07) is 13.8. The van der Waals surface area contributed by atoms with Crippen LogP contribution in [0.25, 0.3) is 10.9 Å². The van der Waals surface area contributed by atoms with Gasteiger partial charge in [0.15, 0.2) is 0 Å². The molecule has 0 fully saturated rings. The Morgan fingerprint density at radius 1 is 1.12 bits per heavy atom. The highest BCUT2D eigenvalue weighted by atomic mass is 16.5. The number of aliphatic imine (C=N–C) groups is 1. The first-order chi connectivity index (χ1) is 12.4. The van der Waals surface area contributed by atoms with Gasteiger partial charge in [-0.2, -0.15) is 0 Å². The van der Waals surface area contributed by atoms with Crippen LogP contribution >= 0.6 is 0 Å². The molecule has 0 bridgehead atoms. The molecule has 2 aromatic carbocycles. The fraction of sp³-hybridized carbons (Fsp3) is 0.238. The normalized spacial score (nSPS) is 22.3. The molecule has 5 heteroatoms. The quantitative estimate of drug-likeness (QED) is 0.665. The summed E-state index contributed by atoms with van der Waals surface area (Å²) in [5.41, 5.74) is 2.87. The van der Waals surface area contributed by atoms with Gasteiger partial charge in [-0.15, -0.1) is 0 Å². The van der Waals surface area contributed by atoms with Crippen LogP contribution in [0.5, 0.6) is 11.5 Å². The van der Waals surface area contributed by atoms with Crippen LogP contribution in [-0.4, -0.2) is 29.1 Å². The predicted molar refractivity (Wildman–Crippen MR) is 103 cm³/mol. The highest BCUT2D eigenvalue weighted by molar-refractivity contribution is 5.98. The third kappa shape index (κ3) is 1.70. The van der Waals surface area contributed by atoms with Gasteiger partial charge in [0.25, 0.3) is 0 Å². The maximum atomic E-state index is 9.82. The molecule has 1 spiro atoms. The second-order valence-corrected chi connectivity index (χ2v) is 7.43. The number of hydrogen-bond acceptors (Lipinski definition) is 5. The number of anilines is 1. The molecule has 0 amide bonds. The molecule has 5 rings (SSSR count). The first kappa shape index (κ1) is 15.2. The van der Waals surface area contributed by atoms with E-state index in [0.717, 1.165) is 16.6 Å². The van der Waals surface area contributed by atoms with Crippen LogP contribution in [0.2, 0.25) is 0 Å². The lowest BCUT2D eigenvalue weighted by Crippen LogP contribution is -2.61. The SMILES string of the molecule is CN1c2ccccc2C(C)(C)C12C=Nc1c(ccc3ncc(O)cc13)O2. The Hall–Kier alpha value is -3.08. The van der Waals surface area contributed by atoms with Crippen LogP contribution < -0.4 is 9.64 Å². The molecule has 0 saturated heterocycles. The van der Waals surface area contributed by atoms with Crippen LogP contribution in [0.3, 0.4) is 0 Å². The predicted octanol–water partition coefficient (Wildman–Crippen LogP) is 4.16. The van der Waals surface area contributed by atoms with Gasteiger partial charge in [-0.25, -0.2) is 0 Å². The number of aromatic hydroxyl groups is 1. The van der Waals surface area contributed by atoms with Crippen molar-refractivity contribution in [2.45, 2.75) is 25.0 Å². The van der Waals surface area contributed by atoms with Crippen molar-refractivity contribution in [3.05, 3.63) is 54.2 Å². The van der Waals surface area contributed by atoms with Crippen molar-refractivity contribution < 1.29 is 9.84 Å². The summed E-state index contributed by atoms with van der Waals surface area (Å²) in [4.78, 5) is 11.2. The number of benzene rings is 2. The lowest BCUT2D eigenvalue weighted by molar-refractivity contribution is 0.0826. The largest absolute Gasteiger partial charge is 0.506 e. The number of fused-ring (bicyclic) bond motifs is 4. The molecule has 130 valence electrons. The average Bonchev–Trinajstić information content (AvgIpc) is 2.80. The minimum atomic E-state index is -0.707. The Balaban J connectivity index is 1.72. The first-order valence-corrected chi connectivity index (χ1v) is 8.63. The Bertz CT molecular complexity index is 1090. The van der Waals surface area contributed by atoms with Crippen molar-refractivity contribution in [2.75, 3.05) is 11.9 Å². The van der Waals surface area contributed by atoms with Crippen molar-refractivity contribution in [3.63, 3.8) is 0 Å². The van der Waals surface area contributed by atoms with E-state index in [0.29, 0.717) is 11.4 Å². The number of hydrogen-bond donors (Lipinski definition) is 1. The number of likely N-dealkylation sites (N-methyl/N-ethyl adjacent to an activating group) is 1. The molecule has 0 saturated carbocycles. The summed E-state index contributed by atoms with van der Waals surface area (Å²) >= 11 is 0. The Kier molecular flexibility index (Phi) is 2.78. The van der Waals surface area contributed by atoms with Crippen molar-refractivity contribution >= 4 is 28.5 Å². The van der Waals surface area contributed by atoms with Gasteiger partial charge in [-0.3, -0.25) is 9.98 Å². The topological polar surface area (TPSA) is 58.0 Å². The second kappa shape index (κ2) is 4.75. The van der Waals surface area contributed by atoms with E-state index in [9.17, 15) is 5.11 Å². The summed E-state index contributed by atoms with van der Waals surface area (Å²) < 4.78 is 6.61. The summed E-state index contributed by atoms with van der Waals surface area (Å²) in [6.45, 7) is 4.36. The molecular formula is C21H19N3O2. The third-order valence-corrected chi connectivity index (χ3v) is 5.75. The lowest BCUT2D eigenvalue weighted by atomic mass is 9.77. The molecule has 26 heavy (non-hydrogen) atoms. The standard InChI is InChI=1S/C21H19N3O2/c1-20(2)15-6-4-5-7-17(15)24(3)21(20)12-23-19-14-10-13(25)11-22-16(14)8-9-18(19)26-21/h4-12,25H,1-3H3. The van der Waals surface area contributed by atoms with Crippen molar-refractivity contribution in [1.29, 1.82) is 0 Å². The van der Waals surface area contributed by atoms with E-state index in [2.05, 4.69) is 41.9 Å². The summed E-state index contributed by atoms with van der Waals surface area (Å²) in [6.07, 6.45) is 3.33. The van der Waals surface area contributed by atoms with Crippen LogP contribution in [0.4, 0.5) is 11.4 Å². The van der Waals surface area contributed by atoms with Gasteiger partial charge in [0.05, 0.1) is 23.3 Å².